The first-order valence-corrected chi connectivity index (χ1v) is 5.15. The number of nitrogens with one attached hydrogen (secondary N) is 1. The van der Waals surface area contributed by atoms with Gasteiger partial charge in [0, 0.05) is 12.6 Å². The molecule has 0 unspecified atom stereocenters. The number of rotatable bonds is 3. The SMILES string of the molecule is Cn1[nH]c(-c2cccc(OC(F)F)c2)nc1=S. The van der Waals surface area contributed by atoms with E-state index in [4.69, 9.17) is 12.2 Å². The van der Waals surface area contributed by atoms with Gasteiger partial charge >= 0.3 is 6.61 Å². The van der Waals surface area contributed by atoms with Crippen molar-refractivity contribution >= 4 is 12.2 Å². The van der Waals surface area contributed by atoms with Crippen LogP contribution in [0.4, 0.5) is 8.78 Å². The molecule has 0 saturated carbocycles. The third-order valence-corrected chi connectivity index (χ3v) is 2.47. The number of aromatic amines is 1. The predicted octanol–water partition coefficient (Wildman–Crippen LogP) is 2.75. The summed E-state index contributed by atoms with van der Waals surface area (Å²) in [5.74, 6) is 0.597. The molecule has 0 amide bonds. The number of aryl methyl sites for hydroxylation is 1. The molecule has 0 aliphatic carbocycles. The minimum atomic E-state index is -2.84. The van der Waals surface area contributed by atoms with Gasteiger partial charge in [-0.05, 0) is 24.4 Å². The Labute approximate surface area is 101 Å². The van der Waals surface area contributed by atoms with Crippen LogP contribution in [0.5, 0.6) is 5.75 Å². The van der Waals surface area contributed by atoms with Gasteiger partial charge in [0.05, 0.1) is 0 Å². The van der Waals surface area contributed by atoms with Gasteiger partial charge in [-0.2, -0.15) is 13.8 Å². The maximum Gasteiger partial charge on any atom is 0.387 e. The van der Waals surface area contributed by atoms with Crippen LogP contribution in [0.1, 0.15) is 0 Å². The molecule has 17 heavy (non-hydrogen) atoms. The molecule has 0 fully saturated rings. The van der Waals surface area contributed by atoms with Crippen molar-refractivity contribution in [1.82, 2.24) is 14.8 Å². The maximum atomic E-state index is 12.1. The zero-order chi connectivity index (χ0) is 12.4. The Hall–Kier alpha value is -1.76. The Bertz CT molecular complexity index is 579. The maximum absolute atomic E-state index is 12.1. The highest BCUT2D eigenvalue weighted by molar-refractivity contribution is 7.71. The van der Waals surface area contributed by atoms with Crippen molar-refractivity contribution in [3.63, 3.8) is 0 Å². The Kier molecular flexibility index (Phi) is 3.19. The van der Waals surface area contributed by atoms with Gasteiger partial charge < -0.3 is 4.74 Å². The van der Waals surface area contributed by atoms with E-state index in [1.165, 1.54) is 12.1 Å². The Morgan fingerprint density at radius 2 is 2.24 bits per heavy atom. The van der Waals surface area contributed by atoms with Crippen molar-refractivity contribution in [3.8, 4) is 17.1 Å². The fourth-order valence-corrected chi connectivity index (χ4v) is 1.49. The smallest absolute Gasteiger partial charge is 0.387 e. The van der Waals surface area contributed by atoms with Crippen LogP contribution in [-0.4, -0.2) is 21.4 Å². The molecular formula is C10H9F2N3OS. The molecule has 0 atom stereocenters. The molecule has 1 aromatic heterocycles. The third-order valence-electron chi connectivity index (χ3n) is 2.10. The Balaban J connectivity index is 2.36. The van der Waals surface area contributed by atoms with E-state index >= 15 is 0 Å². The zero-order valence-electron chi connectivity index (χ0n) is 8.85. The summed E-state index contributed by atoms with van der Waals surface area (Å²) in [6, 6.07) is 6.26. The fraction of sp³-hybridized carbons (Fsp3) is 0.200. The van der Waals surface area contributed by atoms with Gasteiger partial charge in [-0.25, -0.2) is 0 Å². The molecule has 1 aromatic carbocycles. The van der Waals surface area contributed by atoms with E-state index in [0.717, 1.165) is 0 Å². The van der Waals surface area contributed by atoms with Crippen LogP contribution in [0.2, 0.25) is 0 Å². The van der Waals surface area contributed by atoms with Gasteiger partial charge in [0.25, 0.3) is 0 Å². The molecule has 0 aliphatic rings. The largest absolute Gasteiger partial charge is 0.435 e. The molecule has 2 aromatic rings. The van der Waals surface area contributed by atoms with Crippen LogP contribution >= 0.6 is 12.2 Å². The predicted molar refractivity (Wildman–Crippen MR) is 60.5 cm³/mol. The summed E-state index contributed by atoms with van der Waals surface area (Å²) in [7, 11) is 1.72. The summed E-state index contributed by atoms with van der Waals surface area (Å²) in [4.78, 5) is 4.08. The van der Waals surface area contributed by atoms with Crippen molar-refractivity contribution in [3.05, 3.63) is 29.0 Å². The molecule has 1 heterocycles. The third kappa shape index (κ3) is 2.68. The molecule has 0 radical (unpaired) electrons. The summed E-state index contributed by atoms with van der Waals surface area (Å²) < 4.78 is 30.4. The summed E-state index contributed by atoms with van der Waals surface area (Å²) in [5.41, 5.74) is 0.634. The van der Waals surface area contributed by atoms with Crippen LogP contribution in [0.25, 0.3) is 11.4 Å². The monoisotopic (exact) mass is 257 g/mol. The molecule has 90 valence electrons. The van der Waals surface area contributed by atoms with Gasteiger partial charge in [-0.15, -0.1) is 0 Å². The van der Waals surface area contributed by atoms with Gasteiger partial charge in [0.1, 0.15) is 5.75 Å². The number of alkyl halides is 2. The highest BCUT2D eigenvalue weighted by Crippen LogP contribution is 2.22. The molecule has 7 heteroatoms. The number of halogens is 2. The number of aromatic nitrogens is 3. The van der Waals surface area contributed by atoms with Gasteiger partial charge in [0.15, 0.2) is 5.82 Å². The van der Waals surface area contributed by atoms with Crippen LogP contribution < -0.4 is 4.74 Å². The number of nitrogens with zero attached hydrogens (tertiary/aromatic N) is 2. The molecule has 0 spiro atoms. The standard InChI is InChI=1S/C10H9F2N3OS/c1-15-10(17)13-8(14-15)6-3-2-4-7(5-6)16-9(11)12/h2-5,9H,1H3,(H,13,14,17). The molecule has 0 bridgehead atoms. The number of hydrogen-bond acceptors (Lipinski definition) is 3. The number of hydrogen-bond donors (Lipinski definition) is 1. The van der Waals surface area contributed by atoms with Crippen molar-refractivity contribution < 1.29 is 13.5 Å². The van der Waals surface area contributed by atoms with E-state index in [-0.39, 0.29) is 5.75 Å². The van der Waals surface area contributed by atoms with Gasteiger partial charge in [-0.1, -0.05) is 12.1 Å². The first kappa shape index (κ1) is 11.7. The molecule has 1 N–H and O–H groups in total. The van der Waals surface area contributed by atoms with Crippen LogP contribution in [0.3, 0.4) is 0 Å². The van der Waals surface area contributed by atoms with E-state index in [1.807, 2.05) is 0 Å². The zero-order valence-corrected chi connectivity index (χ0v) is 9.67. The minimum absolute atomic E-state index is 0.0856. The van der Waals surface area contributed by atoms with E-state index in [0.29, 0.717) is 16.2 Å². The lowest BCUT2D eigenvalue weighted by Crippen LogP contribution is -2.01. The average molecular weight is 257 g/mol. The summed E-state index contributed by atoms with van der Waals surface area (Å²) in [6.07, 6.45) is 0. The summed E-state index contributed by atoms with van der Waals surface area (Å²) in [5, 5.41) is 2.90. The molecule has 2 rings (SSSR count). The molecule has 0 aliphatic heterocycles. The normalized spacial score (nSPS) is 10.8. The first-order valence-electron chi connectivity index (χ1n) is 4.74. The second-order valence-corrected chi connectivity index (χ2v) is 3.69. The fourth-order valence-electron chi connectivity index (χ4n) is 1.35. The van der Waals surface area contributed by atoms with E-state index in [9.17, 15) is 8.78 Å². The Morgan fingerprint density at radius 1 is 1.47 bits per heavy atom. The second kappa shape index (κ2) is 4.62. The second-order valence-electron chi connectivity index (χ2n) is 3.32. The number of benzene rings is 1. The highest BCUT2D eigenvalue weighted by atomic mass is 32.1. The Morgan fingerprint density at radius 3 is 2.82 bits per heavy atom. The number of ether oxygens (including phenoxy) is 1. The molecular weight excluding hydrogens is 248 g/mol. The van der Waals surface area contributed by atoms with Crippen molar-refractivity contribution in [2.45, 2.75) is 6.61 Å². The lowest BCUT2D eigenvalue weighted by Gasteiger charge is -2.05. The van der Waals surface area contributed by atoms with Gasteiger partial charge in [0.2, 0.25) is 4.77 Å². The lowest BCUT2D eigenvalue weighted by atomic mass is 10.2. The average Bonchev–Trinajstić information content (AvgIpc) is 2.59. The summed E-state index contributed by atoms with van der Waals surface area (Å²) >= 11 is 4.95. The minimum Gasteiger partial charge on any atom is -0.435 e. The van der Waals surface area contributed by atoms with E-state index < -0.39 is 6.61 Å². The summed E-state index contributed by atoms with van der Waals surface area (Å²) in [6.45, 7) is -2.84. The topological polar surface area (TPSA) is 42.8 Å². The lowest BCUT2D eigenvalue weighted by molar-refractivity contribution is -0.0498. The quantitative estimate of drug-likeness (QED) is 0.860. The van der Waals surface area contributed by atoms with Crippen molar-refractivity contribution in [2.75, 3.05) is 0 Å². The van der Waals surface area contributed by atoms with E-state index in [2.05, 4.69) is 14.8 Å². The number of H-pyrrole nitrogens is 1. The highest BCUT2D eigenvalue weighted by Gasteiger charge is 2.07. The van der Waals surface area contributed by atoms with Gasteiger partial charge in [-0.3, -0.25) is 9.78 Å². The van der Waals surface area contributed by atoms with Crippen LogP contribution in [0.15, 0.2) is 24.3 Å². The van der Waals surface area contributed by atoms with E-state index in [1.54, 1.807) is 23.9 Å². The van der Waals surface area contributed by atoms with Crippen LogP contribution in [0, 0.1) is 4.77 Å². The molecule has 4 nitrogen and oxygen atoms in total. The van der Waals surface area contributed by atoms with Crippen LogP contribution in [-0.2, 0) is 7.05 Å². The van der Waals surface area contributed by atoms with Crippen molar-refractivity contribution in [2.24, 2.45) is 7.05 Å². The van der Waals surface area contributed by atoms with Crippen molar-refractivity contribution in [1.29, 1.82) is 0 Å². The first-order chi connectivity index (χ1) is 8.06. The molecule has 0 saturated heterocycles.